The van der Waals surface area contributed by atoms with Crippen LogP contribution in [0.1, 0.15) is 24.2 Å². The van der Waals surface area contributed by atoms with Crippen molar-refractivity contribution < 1.29 is 19.0 Å². The Bertz CT molecular complexity index is 820. The molecule has 1 unspecified atom stereocenters. The summed E-state index contributed by atoms with van der Waals surface area (Å²) in [6.07, 6.45) is -0.221. The molecule has 0 saturated carbocycles. The minimum absolute atomic E-state index is 0. The Morgan fingerprint density at radius 1 is 1.17 bits per heavy atom. The van der Waals surface area contributed by atoms with Gasteiger partial charge in [0.2, 0.25) is 0 Å². The number of hydrogen-bond donors (Lipinski definition) is 2. The second-order valence-corrected chi connectivity index (χ2v) is 6.59. The van der Waals surface area contributed by atoms with E-state index in [2.05, 4.69) is 10.3 Å². The molecule has 6 nitrogen and oxygen atoms in total. The van der Waals surface area contributed by atoms with Gasteiger partial charge in [0.05, 0.1) is 20.8 Å². The van der Waals surface area contributed by atoms with E-state index in [0.717, 1.165) is 12.0 Å². The molecule has 0 aliphatic rings. The number of hydrogen-bond acceptors (Lipinski definition) is 4. The van der Waals surface area contributed by atoms with E-state index in [1.807, 2.05) is 37.1 Å². The van der Waals surface area contributed by atoms with E-state index < -0.39 is 11.9 Å². The molecule has 8 heteroatoms. The molecule has 2 rings (SSSR count). The second-order valence-electron chi connectivity index (χ2n) is 6.59. The lowest BCUT2D eigenvalue weighted by atomic mass is 10.1. The minimum Gasteiger partial charge on any atom is -0.493 e. The number of aliphatic imine (C=N–C) groups is 1. The number of rotatable bonds is 9. The van der Waals surface area contributed by atoms with Crippen molar-refractivity contribution in [1.82, 2.24) is 10.2 Å². The van der Waals surface area contributed by atoms with Crippen molar-refractivity contribution in [3.05, 3.63) is 59.4 Å². The standard InChI is InChI=1S/C22H30FN3O3.HI/c1-5-24-22(25-15-19(27)17-8-6-7-9-18(17)23)26(2)13-12-16-10-11-20(28-3)21(14-16)29-4;/h6-11,14,19,27H,5,12-13,15H2,1-4H3,(H,24,25);1H. The van der Waals surface area contributed by atoms with E-state index in [-0.39, 0.29) is 36.1 Å². The van der Waals surface area contributed by atoms with Gasteiger partial charge in [0.15, 0.2) is 17.5 Å². The predicted molar refractivity (Wildman–Crippen MR) is 129 cm³/mol. The summed E-state index contributed by atoms with van der Waals surface area (Å²) in [6, 6.07) is 12.1. The average Bonchev–Trinajstić information content (AvgIpc) is 2.74. The van der Waals surface area contributed by atoms with Crippen LogP contribution in [0.2, 0.25) is 0 Å². The Morgan fingerprint density at radius 2 is 1.87 bits per heavy atom. The fourth-order valence-corrected chi connectivity index (χ4v) is 2.93. The molecule has 0 bridgehead atoms. The van der Waals surface area contributed by atoms with Crippen molar-refractivity contribution in [2.45, 2.75) is 19.4 Å². The SMILES string of the molecule is CCNC(=NCC(O)c1ccccc1F)N(C)CCc1ccc(OC)c(OC)c1.I. The Hall–Kier alpha value is -2.07. The van der Waals surface area contributed by atoms with Gasteiger partial charge in [-0.05, 0) is 37.1 Å². The number of halogens is 2. The third kappa shape index (κ3) is 7.32. The van der Waals surface area contributed by atoms with Crippen LogP contribution in [0, 0.1) is 5.82 Å². The van der Waals surface area contributed by atoms with E-state index in [9.17, 15) is 9.50 Å². The first-order chi connectivity index (χ1) is 14.0. The van der Waals surface area contributed by atoms with Crippen LogP contribution < -0.4 is 14.8 Å². The van der Waals surface area contributed by atoms with Gasteiger partial charge in [0.1, 0.15) is 11.9 Å². The topological polar surface area (TPSA) is 66.3 Å². The highest BCUT2D eigenvalue weighted by atomic mass is 127. The molecular formula is C22H31FIN3O3. The lowest BCUT2D eigenvalue weighted by Gasteiger charge is -2.23. The van der Waals surface area contributed by atoms with Crippen molar-refractivity contribution in [3.8, 4) is 11.5 Å². The number of benzene rings is 2. The van der Waals surface area contributed by atoms with Crippen LogP contribution in [0.3, 0.4) is 0 Å². The van der Waals surface area contributed by atoms with Crippen molar-refractivity contribution in [3.63, 3.8) is 0 Å². The number of nitrogens with zero attached hydrogens (tertiary/aromatic N) is 2. The van der Waals surface area contributed by atoms with Crippen LogP contribution in [-0.2, 0) is 6.42 Å². The molecule has 0 heterocycles. The van der Waals surface area contributed by atoms with Crippen LogP contribution in [-0.4, -0.2) is 56.9 Å². The van der Waals surface area contributed by atoms with Gasteiger partial charge in [-0.1, -0.05) is 24.3 Å². The molecule has 0 aromatic heterocycles. The van der Waals surface area contributed by atoms with E-state index in [4.69, 9.17) is 9.47 Å². The molecule has 0 aliphatic carbocycles. The van der Waals surface area contributed by atoms with E-state index in [1.54, 1.807) is 32.4 Å². The maximum atomic E-state index is 13.8. The maximum Gasteiger partial charge on any atom is 0.193 e. The average molecular weight is 531 g/mol. The number of aliphatic hydroxyl groups excluding tert-OH is 1. The van der Waals surface area contributed by atoms with E-state index >= 15 is 0 Å². The summed E-state index contributed by atoms with van der Waals surface area (Å²) in [5.41, 5.74) is 1.36. The van der Waals surface area contributed by atoms with Crippen LogP contribution in [0.15, 0.2) is 47.5 Å². The van der Waals surface area contributed by atoms with Gasteiger partial charge in [0.25, 0.3) is 0 Å². The molecule has 2 aromatic carbocycles. The number of guanidine groups is 1. The van der Waals surface area contributed by atoms with Gasteiger partial charge in [0, 0.05) is 25.7 Å². The minimum atomic E-state index is -0.996. The third-order valence-corrected chi connectivity index (χ3v) is 4.56. The molecule has 0 amide bonds. The number of ether oxygens (including phenoxy) is 2. The second kappa shape index (κ2) is 13.3. The first-order valence-electron chi connectivity index (χ1n) is 9.63. The smallest absolute Gasteiger partial charge is 0.193 e. The van der Waals surface area contributed by atoms with Crippen molar-refractivity contribution in [2.24, 2.45) is 4.99 Å². The number of methoxy groups -OCH3 is 2. The summed E-state index contributed by atoms with van der Waals surface area (Å²) in [5, 5.41) is 13.5. The molecule has 1 atom stereocenters. The normalized spacial score (nSPS) is 12.0. The van der Waals surface area contributed by atoms with Crippen LogP contribution in [0.4, 0.5) is 4.39 Å². The zero-order valence-corrected chi connectivity index (χ0v) is 20.2. The molecule has 0 spiro atoms. The van der Waals surface area contributed by atoms with Crippen molar-refractivity contribution in [2.75, 3.05) is 40.9 Å². The van der Waals surface area contributed by atoms with Crippen LogP contribution in [0.5, 0.6) is 11.5 Å². The summed E-state index contributed by atoms with van der Waals surface area (Å²) in [5.74, 6) is 1.62. The Morgan fingerprint density at radius 3 is 2.50 bits per heavy atom. The van der Waals surface area contributed by atoms with Gasteiger partial charge >= 0.3 is 0 Å². The monoisotopic (exact) mass is 531 g/mol. The molecule has 166 valence electrons. The van der Waals surface area contributed by atoms with Crippen LogP contribution in [0.25, 0.3) is 0 Å². The summed E-state index contributed by atoms with van der Waals surface area (Å²) in [4.78, 5) is 6.45. The molecule has 0 aliphatic heterocycles. The Balaban J connectivity index is 0.00000450. The largest absolute Gasteiger partial charge is 0.493 e. The molecule has 2 N–H and O–H groups in total. The first-order valence-corrected chi connectivity index (χ1v) is 9.63. The van der Waals surface area contributed by atoms with Gasteiger partial charge < -0.3 is 24.8 Å². The highest BCUT2D eigenvalue weighted by Gasteiger charge is 2.13. The van der Waals surface area contributed by atoms with E-state index in [1.165, 1.54) is 6.07 Å². The summed E-state index contributed by atoms with van der Waals surface area (Å²) in [6.45, 7) is 3.45. The molecular weight excluding hydrogens is 500 g/mol. The molecule has 2 aromatic rings. The highest BCUT2D eigenvalue weighted by Crippen LogP contribution is 2.27. The number of nitrogens with one attached hydrogen (secondary N) is 1. The third-order valence-electron chi connectivity index (χ3n) is 4.56. The van der Waals surface area contributed by atoms with Gasteiger partial charge in [-0.25, -0.2) is 4.39 Å². The van der Waals surface area contributed by atoms with Crippen molar-refractivity contribution in [1.29, 1.82) is 0 Å². The zero-order valence-electron chi connectivity index (χ0n) is 17.9. The van der Waals surface area contributed by atoms with Gasteiger partial charge in [-0.15, -0.1) is 24.0 Å². The van der Waals surface area contributed by atoms with Gasteiger partial charge in [-0.2, -0.15) is 0 Å². The summed E-state index contributed by atoms with van der Waals surface area (Å²) < 4.78 is 24.5. The van der Waals surface area contributed by atoms with Gasteiger partial charge in [-0.3, -0.25) is 4.99 Å². The fraction of sp³-hybridized carbons (Fsp3) is 0.409. The van der Waals surface area contributed by atoms with Crippen LogP contribution >= 0.6 is 24.0 Å². The van der Waals surface area contributed by atoms with E-state index in [0.29, 0.717) is 30.5 Å². The molecule has 0 radical (unpaired) electrons. The summed E-state index contributed by atoms with van der Waals surface area (Å²) in [7, 11) is 5.16. The summed E-state index contributed by atoms with van der Waals surface area (Å²) >= 11 is 0. The Labute approximate surface area is 195 Å². The molecule has 0 fully saturated rings. The quantitative estimate of drug-likeness (QED) is 0.294. The number of aliphatic hydroxyl groups is 1. The maximum absolute atomic E-state index is 13.8. The zero-order chi connectivity index (χ0) is 21.2. The molecule has 0 saturated heterocycles. The molecule has 30 heavy (non-hydrogen) atoms. The lowest BCUT2D eigenvalue weighted by Crippen LogP contribution is -2.40. The highest BCUT2D eigenvalue weighted by molar-refractivity contribution is 14.0. The lowest BCUT2D eigenvalue weighted by molar-refractivity contribution is 0.182. The number of likely N-dealkylation sites (N-methyl/N-ethyl adjacent to an activating group) is 1. The fourth-order valence-electron chi connectivity index (χ4n) is 2.93. The predicted octanol–water partition coefficient (Wildman–Crippen LogP) is 3.63. The van der Waals surface area contributed by atoms with Crippen molar-refractivity contribution >= 4 is 29.9 Å². The Kier molecular flexibility index (Phi) is 11.5. The first kappa shape index (κ1) is 26.0.